The molecule has 1 aliphatic rings. The summed E-state index contributed by atoms with van der Waals surface area (Å²) in [4.78, 5) is 22.7. The van der Waals surface area contributed by atoms with Crippen molar-refractivity contribution in [1.82, 2.24) is 0 Å². The van der Waals surface area contributed by atoms with Crippen LogP contribution in [0.2, 0.25) is 18.1 Å². The molecule has 0 heterocycles. The van der Waals surface area contributed by atoms with Gasteiger partial charge in [0, 0.05) is 12.0 Å². The summed E-state index contributed by atoms with van der Waals surface area (Å²) in [5.74, 6) is -0.500. The monoisotopic (exact) mass is 300 g/mol. The van der Waals surface area contributed by atoms with Crippen molar-refractivity contribution in [2.45, 2.75) is 58.2 Å². The second kappa shape index (κ2) is 5.98. The van der Waals surface area contributed by atoms with Crippen molar-refractivity contribution in [3.63, 3.8) is 0 Å². The van der Waals surface area contributed by atoms with Gasteiger partial charge in [0.1, 0.15) is 6.29 Å². The van der Waals surface area contributed by atoms with Crippen LogP contribution >= 0.6 is 0 Å². The molecule has 0 aromatic heterocycles. The number of esters is 1. The van der Waals surface area contributed by atoms with Gasteiger partial charge in [-0.2, -0.15) is 0 Å². The van der Waals surface area contributed by atoms with E-state index in [-0.39, 0.29) is 16.9 Å². The number of ether oxygens (including phenoxy) is 1. The second-order valence-electron chi connectivity index (χ2n) is 7.34. The van der Waals surface area contributed by atoms with Crippen LogP contribution in [0.4, 0.5) is 0 Å². The number of hydrogen-bond donors (Lipinski definition) is 0. The molecular formula is C15H28O4Si. The average Bonchev–Trinajstić information content (AvgIpc) is 3.08. The van der Waals surface area contributed by atoms with Crippen LogP contribution in [-0.4, -0.2) is 34.3 Å². The van der Waals surface area contributed by atoms with Gasteiger partial charge in [-0.25, -0.2) is 0 Å². The van der Waals surface area contributed by atoms with E-state index in [2.05, 4.69) is 33.9 Å². The Morgan fingerprint density at radius 3 is 2.45 bits per heavy atom. The van der Waals surface area contributed by atoms with Gasteiger partial charge in [-0.3, -0.25) is 4.79 Å². The molecule has 1 aliphatic carbocycles. The summed E-state index contributed by atoms with van der Waals surface area (Å²) in [5.41, 5.74) is -0.482. The van der Waals surface area contributed by atoms with E-state index in [9.17, 15) is 9.59 Å². The molecule has 4 nitrogen and oxygen atoms in total. The molecule has 0 aromatic rings. The van der Waals surface area contributed by atoms with Gasteiger partial charge in [0.25, 0.3) is 0 Å². The highest BCUT2D eigenvalue weighted by Gasteiger charge is 2.58. The van der Waals surface area contributed by atoms with Crippen LogP contribution in [0.5, 0.6) is 0 Å². The van der Waals surface area contributed by atoms with E-state index >= 15 is 0 Å². The molecule has 20 heavy (non-hydrogen) atoms. The summed E-state index contributed by atoms with van der Waals surface area (Å²) in [6.45, 7) is 11.7. The van der Waals surface area contributed by atoms with Crippen LogP contribution in [-0.2, 0) is 18.8 Å². The minimum absolute atomic E-state index is 0.198. The lowest BCUT2D eigenvalue weighted by atomic mass is 9.99. The van der Waals surface area contributed by atoms with Gasteiger partial charge in [0.2, 0.25) is 0 Å². The third kappa shape index (κ3) is 3.70. The van der Waals surface area contributed by atoms with Gasteiger partial charge in [-0.05, 0) is 37.4 Å². The first kappa shape index (κ1) is 17.4. The number of rotatable bonds is 7. The summed E-state index contributed by atoms with van der Waals surface area (Å²) >= 11 is 0. The molecule has 0 unspecified atom stereocenters. The Hall–Kier alpha value is -0.683. The molecule has 0 aromatic carbocycles. The first-order chi connectivity index (χ1) is 9.09. The zero-order chi connectivity index (χ0) is 15.6. The smallest absolute Gasteiger partial charge is 0.309 e. The maximum Gasteiger partial charge on any atom is 0.309 e. The van der Waals surface area contributed by atoms with E-state index in [1.54, 1.807) is 0 Å². The number of aldehydes is 1. The van der Waals surface area contributed by atoms with Crippen LogP contribution in [0.3, 0.4) is 0 Å². The molecule has 5 heteroatoms. The minimum Gasteiger partial charge on any atom is -0.469 e. The third-order valence-electron chi connectivity index (χ3n) is 4.89. The van der Waals surface area contributed by atoms with Crippen molar-refractivity contribution in [3.05, 3.63) is 0 Å². The molecule has 0 radical (unpaired) electrons. The molecule has 0 bridgehead atoms. The molecule has 0 saturated heterocycles. The van der Waals surface area contributed by atoms with E-state index in [0.717, 1.165) is 12.7 Å². The highest BCUT2D eigenvalue weighted by Crippen LogP contribution is 2.54. The number of carbonyl (C=O) groups is 2. The Morgan fingerprint density at radius 1 is 1.40 bits per heavy atom. The number of methoxy groups -OCH3 is 1. The molecule has 1 saturated carbocycles. The van der Waals surface area contributed by atoms with Crippen molar-refractivity contribution in [2.75, 3.05) is 13.7 Å². The van der Waals surface area contributed by atoms with Gasteiger partial charge in [-0.15, -0.1) is 0 Å². The lowest BCUT2D eigenvalue weighted by molar-refractivity contribution is -0.143. The first-order valence-electron chi connectivity index (χ1n) is 7.28. The molecule has 0 amide bonds. The molecule has 1 fully saturated rings. The summed E-state index contributed by atoms with van der Waals surface area (Å²) in [6.07, 6.45) is 3.09. The zero-order valence-corrected chi connectivity index (χ0v) is 14.6. The highest BCUT2D eigenvalue weighted by molar-refractivity contribution is 6.74. The van der Waals surface area contributed by atoms with Gasteiger partial charge in [-0.1, -0.05) is 20.8 Å². The van der Waals surface area contributed by atoms with Crippen molar-refractivity contribution < 1.29 is 18.8 Å². The molecule has 0 N–H and O–H groups in total. The van der Waals surface area contributed by atoms with Gasteiger partial charge < -0.3 is 14.0 Å². The van der Waals surface area contributed by atoms with Crippen LogP contribution < -0.4 is 0 Å². The first-order valence-corrected chi connectivity index (χ1v) is 10.2. The van der Waals surface area contributed by atoms with Crippen LogP contribution in [0.15, 0.2) is 0 Å². The molecule has 2 atom stereocenters. The van der Waals surface area contributed by atoms with Crippen LogP contribution in [0, 0.1) is 11.3 Å². The SMILES string of the molecule is COC(=O)[C@@H]1C[C@]1(C=O)CCCO[Si](C)(C)C(C)(C)C. The van der Waals surface area contributed by atoms with Gasteiger partial charge in [0.15, 0.2) is 8.32 Å². The van der Waals surface area contributed by atoms with Gasteiger partial charge in [0.05, 0.1) is 13.0 Å². The predicted octanol–water partition coefficient (Wildman–Crippen LogP) is 3.17. The van der Waals surface area contributed by atoms with E-state index in [4.69, 9.17) is 9.16 Å². The second-order valence-corrected chi connectivity index (χ2v) is 12.2. The van der Waals surface area contributed by atoms with Gasteiger partial charge >= 0.3 is 5.97 Å². The summed E-state index contributed by atoms with van der Waals surface area (Å²) in [7, 11) is -0.345. The molecule has 1 rings (SSSR count). The molecular weight excluding hydrogens is 272 g/mol. The van der Waals surface area contributed by atoms with Crippen molar-refractivity contribution >= 4 is 20.6 Å². The predicted molar refractivity (Wildman–Crippen MR) is 81.0 cm³/mol. The minimum atomic E-state index is -1.72. The summed E-state index contributed by atoms with van der Waals surface area (Å²) < 4.78 is 10.8. The fourth-order valence-electron chi connectivity index (χ4n) is 2.19. The largest absolute Gasteiger partial charge is 0.469 e. The summed E-state index contributed by atoms with van der Waals surface area (Å²) in [6, 6.07) is 0. The Balaban J connectivity index is 2.39. The van der Waals surface area contributed by atoms with Crippen LogP contribution in [0.1, 0.15) is 40.0 Å². The quantitative estimate of drug-likeness (QED) is 0.314. The number of carbonyl (C=O) groups excluding carboxylic acids is 2. The Kier molecular flexibility index (Phi) is 5.19. The Bertz CT molecular complexity index is 373. The highest BCUT2D eigenvalue weighted by atomic mass is 28.4. The number of hydrogen-bond acceptors (Lipinski definition) is 4. The molecule has 0 spiro atoms. The maximum absolute atomic E-state index is 11.5. The van der Waals surface area contributed by atoms with E-state index in [1.165, 1.54) is 7.11 Å². The third-order valence-corrected chi connectivity index (χ3v) is 9.43. The molecule has 116 valence electrons. The fraction of sp³-hybridized carbons (Fsp3) is 0.867. The zero-order valence-electron chi connectivity index (χ0n) is 13.6. The average molecular weight is 300 g/mol. The summed E-state index contributed by atoms with van der Waals surface area (Å²) in [5, 5.41) is 0.198. The normalized spacial score (nSPS) is 26.2. The maximum atomic E-state index is 11.5. The van der Waals surface area contributed by atoms with E-state index < -0.39 is 13.7 Å². The fourth-order valence-corrected chi connectivity index (χ4v) is 3.28. The Labute approximate surface area is 123 Å². The van der Waals surface area contributed by atoms with Crippen molar-refractivity contribution in [1.29, 1.82) is 0 Å². The van der Waals surface area contributed by atoms with Crippen LogP contribution in [0.25, 0.3) is 0 Å². The lowest BCUT2D eigenvalue weighted by Gasteiger charge is -2.36. The molecule has 0 aliphatic heterocycles. The topological polar surface area (TPSA) is 52.6 Å². The standard InChI is InChI=1S/C15H28O4Si/c1-14(2,3)20(5,6)19-9-7-8-15(11-16)10-12(15)13(17)18-4/h11-12H,7-10H2,1-6H3/t12-,15-/m0/s1. The van der Waals surface area contributed by atoms with Crippen molar-refractivity contribution in [2.24, 2.45) is 11.3 Å². The lowest BCUT2D eigenvalue weighted by Crippen LogP contribution is -2.41. The van der Waals surface area contributed by atoms with E-state index in [0.29, 0.717) is 19.4 Å². The van der Waals surface area contributed by atoms with Crippen molar-refractivity contribution in [3.8, 4) is 0 Å². The Morgan fingerprint density at radius 2 is 2.00 bits per heavy atom. The van der Waals surface area contributed by atoms with E-state index in [1.807, 2.05) is 0 Å².